The Morgan fingerprint density at radius 2 is 2.25 bits per heavy atom. The van der Waals surface area contributed by atoms with Gasteiger partial charge in [-0.2, -0.15) is 0 Å². The number of hydrogen-bond donors (Lipinski definition) is 2. The van der Waals surface area contributed by atoms with E-state index in [0.717, 1.165) is 31.4 Å². The van der Waals surface area contributed by atoms with Crippen molar-refractivity contribution in [2.24, 2.45) is 0 Å². The van der Waals surface area contributed by atoms with Crippen molar-refractivity contribution < 1.29 is 9.18 Å². The fraction of sp³-hybridized carbons (Fsp3) is 0.533. The minimum atomic E-state index is -0.427. The molecule has 1 aliphatic heterocycles. The molecule has 0 aromatic heterocycles. The van der Waals surface area contributed by atoms with Crippen LogP contribution in [0.15, 0.2) is 18.2 Å². The molecule has 1 fully saturated rings. The summed E-state index contributed by atoms with van der Waals surface area (Å²) in [4.78, 5) is 12.3. The molecule has 5 heteroatoms. The van der Waals surface area contributed by atoms with Crippen LogP contribution in [0, 0.1) is 12.7 Å². The second-order valence-electron chi connectivity index (χ2n) is 5.23. The third-order valence-corrected chi connectivity index (χ3v) is 3.97. The smallest absolute Gasteiger partial charge is 0.240 e. The van der Waals surface area contributed by atoms with Crippen LogP contribution in [-0.4, -0.2) is 18.0 Å². The van der Waals surface area contributed by atoms with Gasteiger partial charge in [-0.3, -0.25) is 4.79 Å². The SMILES string of the molecule is CCC1(C(=O)NCc2ccc(C)c(F)c2)CCCN1.Cl. The number of hydrogen-bond acceptors (Lipinski definition) is 2. The molecule has 0 saturated carbocycles. The standard InChI is InChI=1S/C15H21FN2O.ClH/c1-3-15(7-4-8-18-15)14(19)17-10-12-6-5-11(2)13(16)9-12;/h5-6,9,18H,3-4,7-8,10H2,1-2H3,(H,17,19);1H. The molecular weight excluding hydrogens is 279 g/mol. The number of carbonyl (C=O) groups excluding carboxylic acids is 1. The highest BCUT2D eigenvalue weighted by atomic mass is 35.5. The summed E-state index contributed by atoms with van der Waals surface area (Å²) in [6, 6.07) is 5.07. The third kappa shape index (κ3) is 3.49. The number of amides is 1. The van der Waals surface area contributed by atoms with E-state index in [2.05, 4.69) is 10.6 Å². The minimum Gasteiger partial charge on any atom is -0.350 e. The molecule has 0 radical (unpaired) electrons. The summed E-state index contributed by atoms with van der Waals surface area (Å²) in [7, 11) is 0. The fourth-order valence-corrected chi connectivity index (χ4v) is 2.56. The van der Waals surface area contributed by atoms with Gasteiger partial charge in [0.1, 0.15) is 5.82 Å². The molecule has 1 atom stereocenters. The van der Waals surface area contributed by atoms with Gasteiger partial charge in [-0.1, -0.05) is 19.1 Å². The maximum atomic E-state index is 13.4. The molecule has 1 aliphatic rings. The number of benzene rings is 1. The molecule has 3 nitrogen and oxygen atoms in total. The Labute approximate surface area is 125 Å². The zero-order chi connectivity index (χ0) is 13.9. The van der Waals surface area contributed by atoms with Crippen molar-refractivity contribution >= 4 is 18.3 Å². The van der Waals surface area contributed by atoms with Crippen LogP contribution in [0.3, 0.4) is 0 Å². The molecule has 1 amide bonds. The van der Waals surface area contributed by atoms with Crippen LogP contribution in [0.1, 0.15) is 37.3 Å². The van der Waals surface area contributed by atoms with Gasteiger partial charge in [-0.05, 0) is 49.9 Å². The van der Waals surface area contributed by atoms with E-state index >= 15 is 0 Å². The lowest BCUT2D eigenvalue weighted by Crippen LogP contribution is -2.52. The largest absolute Gasteiger partial charge is 0.350 e. The number of halogens is 2. The summed E-state index contributed by atoms with van der Waals surface area (Å²) in [6.45, 7) is 5.01. The first-order chi connectivity index (χ1) is 9.07. The summed E-state index contributed by atoms with van der Waals surface area (Å²) in [5, 5.41) is 6.20. The van der Waals surface area contributed by atoms with Crippen LogP contribution in [0.4, 0.5) is 4.39 Å². The zero-order valence-corrected chi connectivity index (χ0v) is 12.8. The third-order valence-electron chi connectivity index (χ3n) is 3.97. The van der Waals surface area contributed by atoms with Gasteiger partial charge in [0.2, 0.25) is 5.91 Å². The van der Waals surface area contributed by atoms with Crippen molar-refractivity contribution in [2.45, 2.75) is 45.2 Å². The Bertz CT molecular complexity index is 473. The predicted molar refractivity (Wildman–Crippen MR) is 80.5 cm³/mol. The number of rotatable bonds is 4. The molecule has 2 N–H and O–H groups in total. The average molecular weight is 301 g/mol. The van der Waals surface area contributed by atoms with E-state index in [1.54, 1.807) is 13.0 Å². The minimum absolute atomic E-state index is 0. The first-order valence-corrected chi connectivity index (χ1v) is 6.86. The molecule has 1 heterocycles. The van der Waals surface area contributed by atoms with Crippen molar-refractivity contribution in [3.8, 4) is 0 Å². The van der Waals surface area contributed by atoms with Crippen molar-refractivity contribution in [3.63, 3.8) is 0 Å². The van der Waals surface area contributed by atoms with E-state index in [9.17, 15) is 9.18 Å². The van der Waals surface area contributed by atoms with E-state index in [1.807, 2.05) is 13.0 Å². The van der Waals surface area contributed by atoms with Gasteiger partial charge >= 0.3 is 0 Å². The van der Waals surface area contributed by atoms with Gasteiger partial charge < -0.3 is 10.6 Å². The number of carbonyl (C=O) groups is 1. The van der Waals surface area contributed by atoms with Crippen molar-refractivity contribution in [2.75, 3.05) is 6.54 Å². The van der Waals surface area contributed by atoms with Crippen LogP contribution in [-0.2, 0) is 11.3 Å². The van der Waals surface area contributed by atoms with Crippen molar-refractivity contribution in [1.29, 1.82) is 0 Å². The summed E-state index contributed by atoms with van der Waals surface area (Å²) in [5.74, 6) is -0.204. The molecule has 0 bridgehead atoms. The Morgan fingerprint density at radius 1 is 1.50 bits per heavy atom. The normalized spacial score (nSPS) is 21.4. The van der Waals surface area contributed by atoms with Gasteiger partial charge in [-0.15, -0.1) is 12.4 Å². The highest BCUT2D eigenvalue weighted by molar-refractivity contribution is 5.86. The molecule has 2 rings (SSSR count). The summed E-state index contributed by atoms with van der Waals surface area (Å²) < 4.78 is 13.4. The van der Waals surface area contributed by atoms with E-state index in [-0.39, 0.29) is 24.1 Å². The van der Waals surface area contributed by atoms with Gasteiger partial charge in [0.25, 0.3) is 0 Å². The van der Waals surface area contributed by atoms with Crippen LogP contribution in [0.2, 0.25) is 0 Å². The summed E-state index contributed by atoms with van der Waals surface area (Å²) >= 11 is 0. The van der Waals surface area contributed by atoms with E-state index in [0.29, 0.717) is 12.1 Å². The summed E-state index contributed by atoms with van der Waals surface area (Å²) in [5.41, 5.74) is 0.988. The Kier molecular flexibility index (Phi) is 5.96. The van der Waals surface area contributed by atoms with E-state index in [4.69, 9.17) is 0 Å². The van der Waals surface area contributed by atoms with Crippen LogP contribution in [0.25, 0.3) is 0 Å². The topological polar surface area (TPSA) is 41.1 Å². The highest BCUT2D eigenvalue weighted by Gasteiger charge is 2.38. The molecule has 1 unspecified atom stereocenters. The van der Waals surface area contributed by atoms with Crippen LogP contribution >= 0.6 is 12.4 Å². The lowest BCUT2D eigenvalue weighted by molar-refractivity contribution is -0.127. The van der Waals surface area contributed by atoms with Crippen LogP contribution in [0.5, 0.6) is 0 Å². The van der Waals surface area contributed by atoms with Crippen LogP contribution < -0.4 is 10.6 Å². The Hall–Kier alpha value is -1.13. The molecular formula is C15H22ClFN2O. The zero-order valence-electron chi connectivity index (χ0n) is 12.0. The van der Waals surface area contributed by atoms with E-state index < -0.39 is 5.54 Å². The Balaban J connectivity index is 0.00000200. The van der Waals surface area contributed by atoms with Gasteiger partial charge in [0.05, 0.1) is 5.54 Å². The Morgan fingerprint density at radius 3 is 2.80 bits per heavy atom. The fourth-order valence-electron chi connectivity index (χ4n) is 2.56. The molecule has 20 heavy (non-hydrogen) atoms. The van der Waals surface area contributed by atoms with Gasteiger partial charge in [0.15, 0.2) is 0 Å². The first kappa shape index (κ1) is 16.9. The molecule has 1 aromatic rings. The molecule has 112 valence electrons. The first-order valence-electron chi connectivity index (χ1n) is 6.86. The van der Waals surface area contributed by atoms with Gasteiger partial charge in [0, 0.05) is 6.54 Å². The lowest BCUT2D eigenvalue weighted by atomic mass is 9.93. The predicted octanol–water partition coefficient (Wildman–Crippen LogP) is 2.70. The molecule has 0 aliphatic carbocycles. The van der Waals surface area contributed by atoms with Crippen molar-refractivity contribution in [3.05, 3.63) is 35.1 Å². The van der Waals surface area contributed by atoms with Crippen molar-refractivity contribution in [1.82, 2.24) is 10.6 Å². The van der Waals surface area contributed by atoms with Gasteiger partial charge in [-0.25, -0.2) is 4.39 Å². The maximum absolute atomic E-state index is 13.4. The quantitative estimate of drug-likeness (QED) is 0.898. The second-order valence-corrected chi connectivity index (χ2v) is 5.23. The molecule has 1 aromatic carbocycles. The molecule has 0 spiro atoms. The maximum Gasteiger partial charge on any atom is 0.240 e. The summed E-state index contributed by atoms with van der Waals surface area (Å²) in [6.07, 6.45) is 2.68. The lowest BCUT2D eigenvalue weighted by Gasteiger charge is -2.26. The number of nitrogens with one attached hydrogen (secondary N) is 2. The second kappa shape index (κ2) is 7.04. The monoisotopic (exact) mass is 300 g/mol. The molecule has 1 saturated heterocycles. The average Bonchev–Trinajstić information content (AvgIpc) is 2.90. The van der Waals surface area contributed by atoms with E-state index in [1.165, 1.54) is 6.07 Å². The number of aryl methyl sites for hydroxylation is 1. The highest BCUT2D eigenvalue weighted by Crippen LogP contribution is 2.23.